The number of rotatable bonds is 10. The van der Waals surface area contributed by atoms with E-state index < -0.39 is 59.9 Å². The Bertz CT molecular complexity index is 1000. The maximum absolute atomic E-state index is 14.2. The standard InChI is InChI=1S/C33H61N7O6/c1-7-8-9-13-16-25-33(46)40(6)26(19-21(2)3)30(43)38-28(23-14-11-10-12-15-23)32(45)36-24(20-34)29(42)37-27(22(4)41)31(44)35-17-18-39(25)5/h21-28,41H,7-20,34H2,1-6H3,(H,35,44)(H,36,45)(H,37,42)(H,38,43)/t22-,24-,25?,26-,27-,28-/m0/s1. The zero-order valence-electron chi connectivity index (χ0n) is 29.0. The Morgan fingerprint density at radius 2 is 1.52 bits per heavy atom. The minimum Gasteiger partial charge on any atom is -0.391 e. The van der Waals surface area contributed by atoms with Crippen LogP contribution in [0.1, 0.15) is 98.3 Å². The van der Waals surface area contributed by atoms with Crippen LogP contribution in [0.25, 0.3) is 0 Å². The lowest BCUT2D eigenvalue weighted by Gasteiger charge is -2.37. The van der Waals surface area contributed by atoms with Crippen molar-refractivity contribution in [2.45, 2.75) is 135 Å². The monoisotopic (exact) mass is 651 g/mol. The Kier molecular flexibility index (Phi) is 17.0. The molecule has 2 aliphatic rings. The molecule has 46 heavy (non-hydrogen) atoms. The summed E-state index contributed by atoms with van der Waals surface area (Å²) in [6.07, 6.45) is 8.01. The number of hydrogen-bond donors (Lipinski definition) is 6. The number of nitrogens with zero attached hydrogens (tertiary/aromatic N) is 2. The van der Waals surface area contributed by atoms with Crippen LogP contribution in [0, 0.1) is 11.8 Å². The first-order chi connectivity index (χ1) is 21.8. The number of aliphatic hydroxyl groups is 1. The van der Waals surface area contributed by atoms with Gasteiger partial charge in [0.05, 0.1) is 12.1 Å². The number of nitrogens with two attached hydrogens (primary N) is 1. The predicted molar refractivity (Wildman–Crippen MR) is 177 cm³/mol. The van der Waals surface area contributed by atoms with Gasteiger partial charge in [0.15, 0.2) is 0 Å². The van der Waals surface area contributed by atoms with Crippen molar-refractivity contribution < 1.29 is 29.1 Å². The van der Waals surface area contributed by atoms with Crippen molar-refractivity contribution in [2.75, 3.05) is 33.7 Å². The molecule has 1 heterocycles. The van der Waals surface area contributed by atoms with Crippen LogP contribution in [-0.4, -0.2) is 114 Å². The van der Waals surface area contributed by atoms with E-state index in [0.29, 0.717) is 19.4 Å². The SMILES string of the molecule is CCCCCCC1C(=O)N(C)[C@@H](CC(C)C)C(=O)N[C@@H](C2CCCCC2)C(=O)N[C@@H](CN)C(=O)N[C@@H]([C@H](C)O)C(=O)NCCN1C. The van der Waals surface area contributed by atoms with E-state index in [0.717, 1.165) is 57.8 Å². The first-order valence-corrected chi connectivity index (χ1v) is 17.4. The summed E-state index contributed by atoms with van der Waals surface area (Å²) in [5.74, 6) is -2.50. The van der Waals surface area contributed by atoms with Crippen LogP contribution in [0.15, 0.2) is 0 Å². The molecule has 0 aromatic rings. The summed E-state index contributed by atoms with van der Waals surface area (Å²) in [4.78, 5) is 71.8. The summed E-state index contributed by atoms with van der Waals surface area (Å²) in [5.41, 5.74) is 5.90. The molecule has 2 fully saturated rings. The Balaban J connectivity index is 2.53. The lowest BCUT2D eigenvalue weighted by atomic mass is 9.83. The van der Waals surface area contributed by atoms with Gasteiger partial charge in [-0.05, 0) is 51.5 Å². The van der Waals surface area contributed by atoms with Gasteiger partial charge in [-0.2, -0.15) is 0 Å². The van der Waals surface area contributed by atoms with Crippen molar-refractivity contribution in [1.29, 1.82) is 0 Å². The minimum atomic E-state index is -1.29. The molecule has 0 aromatic carbocycles. The van der Waals surface area contributed by atoms with Crippen molar-refractivity contribution in [3.63, 3.8) is 0 Å². The number of amides is 5. The molecule has 2 rings (SSSR count). The zero-order valence-corrected chi connectivity index (χ0v) is 29.0. The lowest BCUT2D eigenvalue weighted by molar-refractivity contribution is -0.144. The molecule has 6 atom stereocenters. The topological polar surface area (TPSA) is 186 Å². The van der Waals surface area contributed by atoms with Crippen molar-refractivity contribution in [2.24, 2.45) is 17.6 Å². The highest BCUT2D eigenvalue weighted by Gasteiger charge is 2.39. The van der Waals surface area contributed by atoms with Gasteiger partial charge in [-0.3, -0.25) is 28.9 Å². The smallest absolute Gasteiger partial charge is 0.245 e. The third kappa shape index (κ3) is 11.8. The lowest BCUT2D eigenvalue weighted by Crippen LogP contribution is -2.63. The van der Waals surface area contributed by atoms with E-state index in [-0.39, 0.29) is 30.8 Å². The summed E-state index contributed by atoms with van der Waals surface area (Å²) in [5, 5.41) is 21.3. The van der Waals surface area contributed by atoms with Gasteiger partial charge in [-0.25, -0.2) is 0 Å². The first-order valence-electron chi connectivity index (χ1n) is 17.4. The number of carbonyl (C=O) groups excluding carboxylic acids is 5. The van der Waals surface area contributed by atoms with Crippen molar-refractivity contribution in [3.05, 3.63) is 0 Å². The number of likely N-dealkylation sites (N-methyl/N-ethyl adjacent to an activating group) is 2. The molecule has 13 heteroatoms. The highest BCUT2D eigenvalue weighted by atomic mass is 16.3. The Labute approximate surface area is 275 Å². The van der Waals surface area contributed by atoms with Crippen LogP contribution in [0.5, 0.6) is 0 Å². The van der Waals surface area contributed by atoms with Gasteiger partial charge in [0.1, 0.15) is 24.2 Å². The summed E-state index contributed by atoms with van der Waals surface area (Å²) in [7, 11) is 3.47. The third-order valence-corrected chi connectivity index (χ3v) is 9.36. The number of nitrogens with one attached hydrogen (secondary N) is 4. The second-order valence-corrected chi connectivity index (χ2v) is 13.6. The molecule has 264 valence electrons. The molecule has 13 nitrogen and oxygen atoms in total. The third-order valence-electron chi connectivity index (χ3n) is 9.36. The molecule has 0 spiro atoms. The van der Waals surface area contributed by atoms with Crippen molar-refractivity contribution >= 4 is 29.5 Å². The fourth-order valence-corrected chi connectivity index (χ4v) is 6.46. The van der Waals surface area contributed by atoms with Gasteiger partial charge < -0.3 is 37.0 Å². The van der Waals surface area contributed by atoms with Crippen LogP contribution < -0.4 is 27.0 Å². The highest BCUT2D eigenvalue weighted by molar-refractivity contribution is 5.96. The van der Waals surface area contributed by atoms with Gasteiger partial charge in [-0.15, -0.1) is 0 Å². The molecule has 1 saturated carbocycles. The molecular formula is C33H61N7O6. The van der Waals surface area contributed by atoms with E-state index in [1.165, 1.54) is 11.8 Å². The summed E-state index contributed by atoms with van der Waals surface area (Å²) in [6.45, 7) is 7.73. The summed E-state index contributed by atoms with van der Waals surface area (Å²) in [6, 6.07) is -4.76. The van der Waals surface area contributed by atoms with Gasteiger partial charge in [-0.1, -0.05) is 65.7 Å². The molecule has 0 aromatic heterocycles. The fraction of sp³-hybridized carbons (Fsp3) is 0.848. The van der Waals surface area contributed by atoms with E-state index in [1.807, 2.05) is 25.8 Å². The Morgan fingerprint density at radius 3 is 2.11 bits per heavy atom. The zero-order chi connectivity index (χ0) is 34.4. The molecule has 1 saturated heterocycles. The molecule has 0 bridgehead atoms. The van der Waals surface area contributed by atoms with Gasteiger partial charge in [0.25, 0.3) is 0 Å². The molecule has 1 aliphatic carbocycles. The Hall–Kier alpha value is -2.77. The van der Waals surface area contributed by atoms with Gasteiger partial charge in [0, 0.05) is 26.7 Å². The van der Waals surface area contributed by atoms with Gasteiger partial charge in [0.2, 0.25) is 29.5 Å². The second kappa shape index (κ2) is 19.8. The van der Waals surface area contributed by atoms with Crippen molar-refractivity contribution in [1.82, 2.24) is 31.1 Å². The fourth-order valence-electron chi connectivity index (χ4n) is 6.46. The first kappa shape index (κ1) is 39.4. The minimum absolute atomic E-state index is 0.0916. The van der Waals surface area contributed by atoms with Crippen LogP contribution in [-0.2, 0) is 24.0 Å². The number of hydrogen-bond acceptors (Lipinski definition) is 8. The van der Waals surface area contributed by atoms with Crippen LogP contribution in [0.4, 0.5) is 0 Å². The number of carbonyl (C=O) groups is 5. The maximum Gasteiger partial charge on any atom is 0.245 e. The van der Waals surface area contributed by atoms with Crippen molar-refractivity contribution in [3.8, 4) is 0 Å². The van der Waals surface area contributed by atoms with E-state index in [9.17, 15) is 29.1 Å². The number of unbranched alkanes of at least 4 members (excludes halogenated alkanes) is 3. The van der Waals surface area contributed by atoms with Crippen LogP contribution in [0.3, 0.4) is 0 Å². The molecular weight excluding hydrogens is 590 g/mol. The van der Waals surface area contributed by atoms with Crippen LogP contribution >= 0.6 is 0 Å². The molecule has 0 radical (unpaired) electrons. The average molecular weight is 652 g/mol. The second-order valence-electron chi connectivity index (χ2n) is 13.6. The highest BCUT2D eigenvalue weighted by Crippen LogP contribution is 2.27. The largest absolute Gasteiger partial charge is 0.391 e. The van der Waals surface area contributed by atoms with E-state index in [1.54, 1.807) is 7.05 Å². The van der Waals surface area contributed by atoms with E-state index >= 15 is 0 Å². The maximum atomic E-state index is 14.2. The summed E-state index contributed by atoms with van der Waals surface area (Å²) >= 11 is 0. The molecule has 1 aliphatic heterocycles. The summed E-state index contributed by atoms with van der Waals surface area (Å²) < 4.78 is 0. The number of aliphatic hydroxyl groups excluding tert-OH is 1. The van der Waals surface area contributed by atoms with Crippen LogP contribution in [0.2, 0.25) is 0 Å². The predicted octanol–water partition coefficient (Wildman–Crippen LogP) is 0.634. The molecule has 7 N–H and O–H groups in total. The molecule has 5 amide bonds. The quantitative estimate of drug-likeness (QED) is 0.186. The Morgan fingerprint density at radius 1 is 0.848 bits per heavy atom. The van der Waals surface area contributed by atoms with Gasteiger partial charge >= 0.3 is 0 Å². The normalized spacial score (nSPS) is 28.2. The average Bonchev–Trinajstić information content (AvgIpc) is 3.02. The van der Waals surface area contributed by atoms with E-state index in [2.05, 4.69) is 28.2 Å². The van der Waals surface area contributed by atoms with E-state index in [4.69, 9.17) is 5.73 Å². The molecule has 1 unspecified atom stereocenters.